The normalized spacial score (nSPS) is 10.4. The summed E-state index contributed by atoms with van der Waals surface area (Å²) in [4.78, 5) is 1.11. The highest BCUT2D eigenvalue weighted by atomic mass is 32.2. The number of thioether (sulfide) groups is 1. The van der Waals surface area contributed by atoms with Crippen LogP contribution in [0.3, 0.4) is 0 Å². The fourth-order valence-electron chi connectivity index (χ4n) is 1.56. The minimum absolute atomic E-state index is 0.0569. The van der Waals surface area contributed by atoms with Gasteiger partial charge >= 0.3 is 0 Å². The topological polar surface area (TPSA) is 29.5 Å². The molecule has 2 aromatic rings. The molecule has 0 amide bonds. The van der Waals surface area contributed by atoms with Crippen molar-refractivity contribution in [2.24, 2.45) is 0 Å². The number of halogens is 1. The van der Waals surface area contributed by atoms with Crippen LogP contribution in [0, 0.1) is 5.82 Å². The van der Waals surface area contributed by atoms with Crippen LogP contribution in [0.25, 0.3) is 0 Å². The monoisotopic (exact) mass is 278 g/mol. The van der Waals surface area contributed by atoms with E-state index in [1.165, 1.54) is 6.07 Å². The predicted octanol–water partition coefficient (Wildman–Crippen LogP) is 3.49. The molecule has 0 saturated carbocycles. The molecular formula is C15H15FO2S. The summed E-state index contributed by atoms with van der Waals surface area (Å²) in [6.07, 6.45) is 0. The maximum atomic E-state index is 13.3. The van der Waals surface area contributed by atoms with Crippen LogP contribution < -0.4 is 4.74 Å². The molecule has 0 radical (unpaired) electrons. The third-order valence-electron chi connectivity index (χ3n) is 2.55. The molecule has 4 heteroatoms. The van der Waals surface area contributed by atoms with Crippen molar-refractivity contribution in [3.05, 3.63) is 59.9 Å². The van der Waals surface area contributed by atoms with E-state index in [0.717, 1.165) is 16.2 Å². The maximum Gasteiger partial charge on any atom is 0.165 e. The standard InChI is InChI=1S/C15H15FO2S/c16-14-3-1-2-4-15(14)18-9-10-19-13-7-5-12(11-17)6-8-13/h1-8,17H,9-11H2. The van der Waals surface area contributed by atoms with Crippen LogP contribution in [0.15, 0.2) is 53.4 Å². The summed E-state index contributed by atoms with van der Waals surface area (Å²) in [6.45, 7) is 0.509. The summed E-state index contributed by atoms with van der Waals surface area (Å²) < 4.78 is 18.6. The van der Waals surface area contributed by atoms with Gasteiger partial charge in [0.25, 0.3) is 0 Å². The molecule has 0 bridgehead atoms. The molecule has 0 aliphatic heterocycles. The van der Waals surface area contributed by atoms with Gasteiger partial charge in [-0.05, 0) is 29.8 Å². The Morgan fingerprint density at radius 1 is 1.05 bits per heavy atom. The molecule has 0 aliphatic carbocycles. The van der Waals surface area contributed by atoms with Gasteiger partial charge in [-0.3, -0.25) is 0 Å². The molecule has 0 fully saturated rings. The SMILES string of the molecule is OCc1ccc(SCCOc2ccccc2F)cc1. The van der Waals surface area contributed by atoms with E-state index in [1.807, 2.05) is 24.3 Å². The number of aliphatic hydroxyl groups excluding tert-OH is 1. The van der Waals surface area contributed by atoms with Crippen LogP contribution in [-0.2, 0) is 6.61 Å². The van der Waals surface area contributed by atoms with E-state index < -0.39 is 0 Å². The van der Waals surface area contributed by atoms with E-state index >= 15 is 0 Å². The highest BCUT2D eigenvalue weighted by Crippen LogP contribution is 2.20. The van der Waals surface area contributed by atoms with Crippen LogP contribution in [-0.4, -0.2) is 17.5 Å². The fraction of sp³-hybridized carbons (Fsp3) is 0.200. The van der Waals surface area contributed by atoms with Crippen molar-refractivity contribution in [1.82, 2.24) is 0 Å². The van der Waals surface area contributed by atoms with Gasteiger partial charge in [0.05, 0.1) is 13.2 Å². The van der Waals surface area contributed by atoms with Gasteiger partial charge in [-0.1, -0.05) is 24.3 Å². The molecule has 2 aromatic carbocycles. The number of hydrogen-bond acceptors (Lipinski definition) is 3. The molecule has 0 aliphatic rings. The van der Waals surface area contributed by atoms with E-state index in [-0.39, 0.29) is 12.4 Å². The summed E-state index contributed by atoms with van der Waals surface area (Å²) in [6, 6.07) is 14.1. The average molecular weight is 278 g/mol. The molecular weight excluding hydrogens is 263 g/mol. The van der Waals surface area contributed by atoms with Gasteiger partial charge in [0.1, 0.15) is 0 Å². The quantitative estimate of drug-likeness (QED) is 0.648. The number of rotatable bonds is 6. The summed E-state index contributed by atoms with van der Waals surface area (Å²) in [5, 5.41) is 8.93. The van der Waals surface area contributed by atoms with E-state index in [4.69, 9.17) is 9.84 Å². The Hall–Kier alpha value is -1.52. The van der Waals surface area contributed by atoms with Gasteiger partial charge in [-0.15, -0.1) is 11.8 Å². The first-order chi connectivity index (χ1) is 9.29. The summed E-state index contributed by atoms with van der Waals surface area (Å²) in [7, 11) is 0. The molecule has 0 aromatic heterocycles. The smallest absolute Gasteiger partial charge is 0.165 e. The van der Waals surface area contributed by atoms with E-state index in [1.54, 1.807) is 30.0 Å². The van der Waals surface area contributed by atoms with Crippen molar-refractivity contribution in [3.8, 4) is 5.75 Å². The Morgan fingerprint density at radius 3 is 2.47 bits per heavy atom. The molecule has 2 nitrogen and oxygen atoms in total. The first kappa shape index (κ1) is 13.9. The lowest BCUT2D eigenvalue weighted by atomic mass is 10.2. The predicted molar refractivity (Wildman–Crippen MR) is 75.0 cm³/mol. The largest absolute Gasteiger partial charge is 0.490 e. The molecule has 2 rings (SSSR count). The van der Waals surface area contributed by atoms with Crippen molar-refractivity contribution >= 4 is 11.8 Å². The zero-order valence-corrected chi connectivity index (χ0v) is 11.2. The lowest BCUT2D eigenvalue weighted by Gasteiger charge is -2.07. The maximum absolute atomic E-state index is 13.3. The first-order valence-electron chi connectivity index (χ1n) is 5.99. The van der Waals surface area contributed by atoms with Gasteiger partial charge in [-0.25, -0.2) is 4.39 Å². The third-order valence-corrected chi connectivity index (χ3v) is 3.53. The second-order valence-corrected chi connectivity index (χ2v) is 5.10. The van der Waals surface area contributed by atoms with Crippen molar-refractivity contribution in [2.45, 2.75) is 11.5 Å². The van der Waals surface area contributed by atoms with Gasteiger partial charge in [0, 0.05) is 10.6 Å². The molecule has 100 valence electrons. The summed E-state index contributed by atoms with van der Waals surface area (Å²) >= 11 is 1.64. The minimum Gasteiger partial charge on any atom is -0.490 e. The number of para-hydroxylation sites is 1. The Labute approximate surface area is 116 Å². The fourth-order valence-corrected chi connectivity index (χ4v) is 2.29. The Balaban J connectivity index is 1.76. The van der Waals surface area contributed by atoms with Gasteiger partial charge in [0.2, 0.25) is 0 Å². The Kier molecular flexibility index (Phi) is 5.24. The highest BCUT2D eigenvalue weighted by Gasteiger charge is 2.01. The molecule has 0 spiro atoms. The number of ether oxygens (including phenoxy) is 1. The summed E-state index contributed by atoms with van der Waals surface area (Å²) in [5.74, 6) is 0.700. The van der Waals surface area contributed by atoms with E-state index in [2.05, 4.69) is 0 Å². The highest BCUT2D eigenvalue weighted by molar-refractivity contribution is 7.99. The zero-order chi connectivity index (χ0) is 13.5. The Bertz CT molecular complexity index is 514. The molecule has 0 unspecified atom stereocenters. The minimum atomic E-state index is -0.334. The van der Waals surface area contributed by atoms with Gasteiger partial charge in [-0.2, -0.15) is 0 Å². The van der Waals surface area contributed by atoms with Crippen LogP contribution in [0.1, 0.15) is 5.56 Å². The second-order valence-electron chi connectivity index (χ2n) is 3.93. The summed E-state index contributed by atoms with van der Waals surface area (Å²) in [5.41, 5.74) is 0.895. The molecule has 0 heterocycles. The van der Waals surface area contributed by atoms with Gasteiger partial charge < -0.3 is 9.84 Å². The van der Waals surface area contributed by atoms with E-state index in [9.17, 15) is 4.39 Å². The van der Waals surface area contributed by atoms with Crippen LogP contribution in [0.5, 0.6) is 5.75 Å². The third kappa shape index (κ3) is 4.26. The molecule has 0 saturated heterocycles. The Morgan fingerprint density at radius 2 is 1.79 bits per heavy atom. The van der Waals surface area contributed by atoms with Crippen LogP contribution >= 0.6 is 11.8 Å². The van der Waals surface area contributed by atoms with Crippen LogP contribution in [0.4, 0.5) is 4.39 Å². The van der Waals surface area contributed by atoms with Crippen molar-refractivity contribution in [3.63, 3.8) is 0 Å². The van der Waals surface area contributed by atoms with Crippen molar-refractivity contribution in [1.29, 1.82) is 0 Å². The molecule has 0 atom stereocenters. The van der Waals surface area contributed by atoms with E-state index in [0.29, 0.717) is 12.4 Å². The number of aliphatic hydroxyl groups is 1. The first-order valence-corrected chi connectivity index (χ1v) is 6.98. The number of benzene rings is 2. The lowest BCUT2D eigenvalue weighted by molar-refractivity contribution is 0.282. The van der Waals surface area contributed by atoms with Crippen molar-refractivity contribution in [2.75, 3.05) is 12.4 Å². The zero-order valence-electron chi connectivity index (χ0n) is 10.4. The molecule has 1 N–H and O–H groups in total. The molecule has 19 heavy (non-hydrogen) atoms. The van der Waals surface area contributed by atoms with Gasteiger partial charge in [0.15, 0.2) is 11.6 Å². The lowest BCUT2D eigenvalue weighted by Crippen LogP contribution is -2.01. The van der Waals surface area contributed by atoms with Crippen LogP contribution in [0.2, 0.25) is 0 Å². The average Bonchev–Trinajstić information content (AvgIpc) is 2.46. The van der Waals surface area contributed by atoms with Crippen molar-refractivity contribution < 1.29 is 14.2 Å². The number of hydrogen-bond donors (Lipinski definition) is 1. The second kappa shape index (κ2) is 7.16.